The number of carbonyl (C=O) groups is 1. The number of nitrogens with one attached hydrogen (secondary N) is 2. The van der Waals surface area contributed by atoms with Crippen LogP contribution < -0.4 is 10.6 Å². The van der Waals surface area contributed by atoms with E-state index in [4.69, 9.17) is 0 Å². The number of carbonyl (C=O) groups excluding carboxylic acids is 1. The number of hydrogen-bond acceptors (Lipinski definition) is 4. The van der Waals surface area contributed by atoms with Crippen molar-refractivity contribution < 1.29 is 9.90 Å². The standard InChI is InChI=1S/C17H25N3O2S/c1-3-17(22,4-2)12-19-16(21)18-11-7-10-15-20-13-8-5-6-9-14(13)23-15/h5-6,8-9,22H,3-4,7,10-12H2,1-2H3,(H2,18,19,21). The van der Waals surface area contributed by atoms with Crippen molar-refractivity contribution in [1.29, 1.82) is 0 Å². The van der Waals surface area contributed by atoms with Gasteiger partial charge in [0.15, 0.2) is 0 Å². The molecule has 0 fully saturated rings. The fourth-order valence-electron chi connectivity index (χ4n) is 2.28. The second-order valence-electron chi connectivity index (χ2n) is 5.72. The van der Waals surface area contributed by atoms with Crippen LogP contribution in [0.15, 0.2) is 24.3 Å². The molecule has 5 nitrogen and oxygen atoms in total. The van der Waals surface area contributed by atoms with Crippen LogP contribution in [-0.4, -0.2) is 34.8 Å². The van der Waals surface area contributed by atoms with Crippen molar-refractivity contribution in [3.05, 3.63) is 29.3 Å². The van der Waals surface area contributed by atoms with Gasteiger partial charge >= 0.3 is 6.03 Å². The molecule has 2 aromatic rings. The van der Waals surface area contributed by atoms with Crippen molar-refractivity contribution in [3.63, 3.8) is 0 Å². The van der Waals surface area contributed by atoms with E-state index < -0.39 is 5.60 Å². The second kappa shape index (κ2) is 8.26. The van der Waals surface area contributed by atoms with Crippen molar-refractivity contribution in [2.75, 3.05) is 13.1 Å². The highest BCUT2D eigenvalue weighted by Crippen LogP contribution is 2.22. The van der Waals surface area contributed by atoms with E-state index in [0.29, 0.717) is 19.4 Å². The molecule has 0 atom stereocenters. The Kier molecular flexibility index (Phi) is 6.36. The Morgan fingerprint density at radius 1 is 1.26 bits per heavy atom. The molecule has 0 saturated carbocycles. The molecule has 2 amide bonds. The molecule has 1 aromatic heterocycles. The molecule has 0 aliphatic heterocycles. The largest absolute Gasteiger partial charge is 0.388 e. The van der Waals surface area contributed by atoms with E-state index in [9.17, 15) is 9.90 Å². The van der Waals surface area contributed by atoms with Crippen LogP contribution in [0.2, 0.25) is 0 Å². The topological polar surface area (TPSA) is 74.2 Å². The number of para-hydroxylation sites is 1. The number of fused-ring (bicyclic) bond motifs is 1. The molecule has 3 N–H and O–H groups in total. The summed E-state index contributed by atoms with van der Waals surface area (Å²) in [6, 6.07) is 7.87. The summed E-state index contributed by atoms with van der Waals surface area (Å²) in [6.45, 7) is 4.71. The van der Waals surface area contributed by atoms with Crippen LogP contribution in [0, 0.1) is 0 Å². The number of aryl methyl sites for hydroxylation is 1. The number of aromatic nitrogens is 1. The quantitative estimate of drug-likeness (QED) is 0.649. The van der Waals surface area contributed by atoms with E-state index in [0.717, 1.165) is 23.4 Å². The van der Waals surface area contributed by atoms with Crippen LogP contribution in [0.4, 0.5) is 4.79 Å². The molecular formula is C17H25N3O2S. The normalized spacial score (nSPS) is 11.6. The maximum Gasteiger partial charge on any atom is 0.314 e. The van der Waals surface area contributed by atoms with Crippen molar-refractivity contribution in [2.45, 2.75) is 45.1 Å². The summed E-state index contributed by atoms with van der Waals surface area (Å²) < 4.78 is 1.20. The van der Waals surface area contributed by atoms with Gasteiger partial charge in [-0.25, -0.2) is 9.78 Å². The predicted octanol–water partition coefficient (Wildman–Crippen LogP) is 3.08. The van der Waals surface area contributed by atoms with Gasteiger partial charge in [-0.05, 0) is 31.4 Å². The molecule has 0 aliphatic carbocycles. The molecule has 0 spiro atoms. The first-order valence-electron chi connectivity index (χ1n) is 8.15. The summed E-state index contributed by atoms with van der Waals surface area (Å²) in [6.07, 6.45) is 2.95. The molecule has 0 radical (unpaired) electrons. The lowest BCUT2D eigenvalue weighted by atomic mass is 9.98. The Morgan fingerprint density at radius 3 is 2.70 bits per heavy atom. The Balaban J connectivity index is 1.67. The highest BCUT2D eigenvalue weighted by Gasteiger charge is 2.22. The zero-order valence-corrected chi connectivity index (χ0v) is 14.6. The van der Waals surface area contributed by atoms with Gasteiger partial charge in [0, 0.05) is 19.5 Å². The van der Waals surface area contributed by atoms with E-state index in [1.54, 1.807) is 11.3 Å². The van der Waals surface area contributed by atoms with Gasteiger partial charge in [0.25, 0.3) is 0 Å². The smallest absolute Gasteiger partial charge is 0.314 e. The summed E-state index contributed by atoms with van der Waals surface area (Å²) in [7, 11) is 0. The molecule has 0 aliphatic rings. The molecule has 6 heteroatoms. The minimum absolute atomic E-state index is 0.227. The average Bonchev–Trinajstić information content (AvgIpc) is 2.99. The lowest BCUT2D eigenvalue weighted by Crippen LogP contribution is -2.46. The van der Waals surface area contributed by atoms with Crippen LogP contribution in [0.25, 0.3) is 10.2 Å². The molecule has 0 unspecified atom stereocenters. The van der Waals surface area contributed by atoms with Crippen LogP contribution in [0.5, 0.6) is 0 Å². The Labute approximate surface area is 141 Å². The fraction of sp³-hybridized carbons (Fsp3) is 0.529. The van der Waals surface area contributed by atoms with Gasteiger partial charge in [-0.3, -0.25) is 0 Å². The van der Waals surface area contributed by atoms with E-state index in [1.807, 2.05) is 32.0 Å². The first-order valence-corrected chi connectivity index (χ1v) is 8.96. The van der Waals surface area contributed by atoms with Crippen molar-refractivity contribution in [2.24, 2.45) is 0 Å². The number of amides is 2. The zero-order chi connectivity index (χ0) is 16.7. The summed E-state index contributed by atoms with van der Waals surface area (Å²) in [5.74, 6) is 0. The summed E-state index contributed by atoms with van der Waals surface area (Å²) in [4.78, 5) is 16.3. The van der Waals surface area contributed by atoms with Gasteiger partial charge in [-0.2, -0.15) is 0 Å². The summed E-state index contributed by atoms with van der Waals surface area (Å²) >= 11 is 1.70. The number of urea groups is 1. The molecule has 1 aromatic carbocycles. The van der Waals surface area contributed by atoms with Gasteiger partial charge < -0.3 is 15.7 Å². The molecular weight excluding hydrogens is 310 g/mol. The van der Waals surface area contributed by atoms with E-state index >= 15 is 0 Å². The Hall–Kier alpha value is -1.66. The van der Waals surface area contributed by atoms with Crippen LogP contribution in [-0.2, 0) is 6.42 Å². The second-order valence-corrected chi connectivity index (χ2v) is 6.83. The molecule has 1 heterocycles. The number of hydrogen-bond donors (Lipinski definition) is 3. The van der Waals surface area contributed by atoms with Crippen LogP contribution >= 0.6 is 11.3 Å². The third-order valence-corrected chi connectivity index (χ3v) is 5.18. The van der Waals surface area contributed by atoms with Gasteiger partial charge in [0.2, 0.25) is 0 Å². The average molecular weight is 335 g/mol. The van der Waals surface area contributed by atoms with Gasteiger partial charge in [-0.1, -0.05) is 26.0 Å². The highest BCUT2D eigenvalue weighted by atomic mass is 32.1. The number of aliphatic hydroxyl groups is 1. The maximum absolute atomic E-state index is 11.7. The van der Waals surface area contributed by atoms with Crippen molar-refractivity contribution >= 4 is 27.6 Å². The minimum Gasteiger partial charge on any atom is -0.388 e. The molecule has 0 bridgehead atoms. The monoisotopic (exact) mass is 335 g/mol. The molecule has 23 heavy (non-hydrogen) atoms. The van der Waals surface area contributed by atoms with Crippen molar-refractivity contribution in [3.8, 4) is 0 Å². The highest BCUT2D eigenvalue weighted by molar-refractivity contribution is 7.18. The fourth-order valence-corrected chi connectivity index (χ4v) is 3.28. The first-order chi connectivity index (χ1) is 11.1. The van der Waals surface area contributed by atoms with Gasteiger partial charge in [0.1, 0.15) is 0 Å². The van der Waals surface area contributed by atoms with E-state index in [-0.39, 0.29) is 12.6 Å². The van der Waals surface area contributed by atoms with Crippen LogP contribution in [0.3, 0.4) is 0 Å². The zero-order valence-electron chi connectivity index (χ0n) is 13.8. The maximum atomic E-state index is 11.7. The van der Waals surface area contributed by atoms with Gasteiger partial charge in [0.05, 0.1) is 20.8 Å². The number of nitrogens with zero attached hydrogens (tertiary/aromatic N) is 1. The third kappa shape index (κ3) is 5.18. The van der Waals surface area contributed by atoms with E-state index in [1.165, 1.54) is 4.70 Å². The third-order valence-electron chi connectivity index (χ3n) is 4.09. The Bertz CT molecular complexity index is 605. The lowest BCUT2D eigenvalue weighted by molar-refractivity contribution is 0.0349. The number of rotatable bonds is 8. The Morgan fingerprint density at radius 2 is 2.00 bits per heavy atom. The first kappa shape index (κ1) is 17.7. The minimum atomic E-state index is -0.807. The molecule has 126 valence electrons. The van der Waals surface area contributed by atoms with Gasteiger partial charge in [-0.15, -0.1) is 11.3 Å². The molecule has 2 rings (SSSR count). The van der Waals surface area contributed by atoms with Crippen LogP contribution in [0.1, 0.15) is 38.1 Å². The number of benzene rings is 1. The lowest BCUT2D eigenvalue weighted by Gasteiger charge is -2.25. The van der Waals surface area contributed by atoms with E-state index in [2.05, 4.69) is 21.7 Å². The number of thiazole rings is 1. The van der Waals surface area contributed by atoms with Crippen molar-refractivity contribution in [1.82, 2.24) is 15.6 Å². The predicted molar refractivity (Wildman–Crippen MR) is 94.9 cm³/mol. The summed E-state index contributed by atoms with van der Waals surface area (Å²) in [5, 5.41) is 16.8. The SMILES string of the molecule is CCC(O)(CC)CNC(=O)NCCCc1nc2ccccc2s1. The molecule has 0 saturated heterocycles. The summed E-state index contributed by atoms with van der Waals surface area (Å²) in [5.41, 5.74) is 0.231.